The predicted molar refractivity (Wildman–Crippen MR) is 114 cm³/mol. The number of pyridine rings is 1. The second-order valence-corrected chi connectivity index (χ2v) is 7.52. The van der Waals surface area contributed by atoms with Gasteiger partial charge in [-0.3, -0.25) is 4.79 Å². The van der Waals surface area contributed by atoms with Crippen molar-refractivity contribution in [3.63, 3.8) is 0 Å². The molecule has 30 heavy (non-hydrogen) atoms. The molecule has 0 aliphatic rings. The molecule has 0 saturated carbocycles. The summed E-state index contributed by atoms with van der Waals surface area (Å²) in [7, 11) is 0. The van der Waals surface area contributed by atoms with Gasteiger partial charge in [-0.2, -0.15) is 13.2 Å². The summed E-state index contributed by atoms with van der Waals surface area (Å²) in [5.41, 5.74) is 2.96. The van der Waals surface area contributed by atoms with E-state index in [0.717, 1.165) is 28.8 Å². The molecule has 3 aromatic carbocycles. The van der Waals surface area contributed by atoms with Crippen molar-refractivity contribution in [1.29, 1.82) is 0 Å². The maximum Gasteiger partial charge on any atom is 0.416 e. The summed E-state index contributed by atoms with van der Waals surface area (Å²) in [5.74, 6) is 0. The van der Waals surface area contributed by atoms with Crippen LogP contribution in [0, 0.1) is 13.8 Å². The first-order valence-corrected chi connectivity index (χ1v) is 9.60. The van der Waals surface area contributed by atoms with E-state index in [1.807, 2.05) is 38.1 Å². The molecule has 0 radical (unpaired) electrons. The van der Waals surface area contributed by atoms with Crippen LogP contribution < -0.4 is 5.56 Å². The maximum absolute atomic E-state index is 13.3. The first-order valence-electron chi connectivity index (χ1n) is 9.60. The SMILES string of the molecule is Cc1ccc(Cn2c(-c3cccc(C(F)(F)F)c3)cc3ccccc3c2=O)c(C)c1. The van der Waals surface area contributed by atoms with Gasteiger partial charge in [0.15, 0.2) is 0 Å². The Morgan fingerprint density at radius 3 is 2.37 bits per heavy atom. The van der Waals surface area contributed by atoms with Crippen LogP contribution in [0.15, 0.2) is 77.6 Å². The van der Waals surface area contributed by atoms with Crippen molar-refractivity contribution in [3.8, 4) is 11.3 Å². The number of alkyl halides is 3. The minimum absolute atomic E-state index is 0.222. The molecule has 152 valence electrons. The fourth-order valence-electron chi connectivity index (χ4n) is 3.74. The number of hydrogen-bond donors (Lipinski definition) is 0. The number of aryl methyl sites for hydroxylation is 2. The van der Waals surface area contributed by atoms with Gasteiger partial charge in [-0.1, -0.05) is 54.1 Å². The lowest BCUT2D eigenvalue weighted by Crippen LogP contribution is -2.23. The van der Waals surface area contributed by atoms with E-state index in [1.165, 1.54) is 6.07 Å². The van der Waals surface area contributed by atoms with E-state index >= 15 is 0 Å². The highest BCUT2D eigenvalue weighted by Gasteiger charge is 2.30. The molecular formula is C25H20F3NO. The van der Waals surface area contributed by atoms with Crippen LogP contribution in [0.4, 0.5) is 13.2 Å². The van der Waals surface area contributed by atoms with Crippen molar-refractivity contribution in [2.45, 2.75) is 26.6 Å². The lowest BCUT2D eigenvalue weighted by molar-refractivity contribution is -0.137. The summed E-state index contributed by atoms with van der Waals surface area (Å²) < 4.78 is 41.4. The molecule has 5 heteroatoms. The summed E-state index contributed by atoms with van der Waals surface area (Å²) in [6.07, 6.45) is -4.45. The molecule has 0 aliphatic heterocycles. The summed E-state index contributed by atoms with van der Waals surface area (Å²) in [5, 5.41) is 1.24. The van der Waals surface area contributed by atoms with Gasteiger partial charge in [0, 0.05) is 5.39 Å². The van der Waals surface area contributed by atoms with E-state index < -0.39 is 11.7 Å². The fraction of sp³-hybridized carbons (Fsp3) is 0.160. The van der Waals surface area contributed by atoms with E-state index in [1.54, 1.807) is 34.9 Å². The van der Waals surface area contributed by atoms with Gasteiger partial charge in [0.1, 0.15) is 0 Å². The first-order chi connectivity index (χ1) is 14.2. The van der Waals surface area contributed by atoms with Crippen molar-refractivity contribution in [1.82, 2.24) is 4.57 Å². The average molecular weight is 407 g/mol. The first kappa shape index (κ1) is 20.0. The van der Waals surface area contributed by atoms with Crippen LogP contribution in [0.25, 0.3) is 22.0 Å². The van der Waals surface area contributed by atoms with Crippen molar-refractivity contribution in [3.05, 3.63) is 105 Å². The molecule has 2 nitrogen and oxygen atoms in total. The molecular weight excluding hydrogens is 387 g/mol. The van der Waals surface area contributed by atoms with Crippen LogP contribution in [0.1, 0.15) is 22.3 Å². The minimum Gasteiger partial charge on any atom is -0.303 e. The van der Waals surface area contributed by atoms with Gasteiger partial charge >= 0.3 is 6.18 Å². The molecule has 0 atom stereocenters. The van der Waals surface area contributed by atoms with Crippen LogP contribution in [-0.2, 0) is 12.7 Å². The van der Waals surface area contributed by atoms with Gasteiger partial charge in [-0.05, 0) is 60.2 Å². The van der Waals surface area contributed by atoms with Gasteiger partial charge in [-0.25, -0.2) is 0 Å². The van der Waals surface area contributed by atoms with Gasteiger partial charge < -0.3 is 4.57 Å². The highest BCUT2D eigenvalue weighted by atomic mass is 19.4. The molecule has 0 saturated heterocycles. The largest absolute Gasteiger partial charge is 0.416 e. The van der Waals surface area contributed by atoms with Crippen LogP contribution >= 0.6 is 0 Å². The van der Waals surface area contributed by atoms with E-state index in [9.17, 15) is 18.0 Å². The third kappa shape index (κ3) is 3.75. The zero-order valence-corrected chi connectivity index (χ0v) is 16.6. The normalized spacial score (nSPS) is 11.8. The molecule has 0 fully saturated rings. The second-order valence-electron chi connectivity index (χ2n) is 7.52. The number of nitrogens with zero attached hydrogens (tertiary/aromatic N) is 1. The fourth-order valence-corrected chi connectivity index (χ4v) is 3.74. The molecule has 1 aromatic heterocycles. The monoisotopic (exact) mass is 407 g/mol. The molecule has 0 unspecified atom stereocenters. The lowest BCUT2D eigenvalue weighted by Gasteiger charge is -2.17. The van der Waals surface area contributed by atoms with Crippen molar-refractivity contribution in [2.24, 2.45) is 0 Å². The van der Waals surface area contributed by atoms with Crippen molar-refractivity contribution >= 4 is 10.8 Å². The molecule has 4 aromatic rings. The zero-order valence-electron chi connectivity index (χ0n) is 16.6. The highest BCUT2D eigenvalue weighted by Crippen LogP contribution is 2.32. The van der Waals surface area contributed by atoms with E-state index in [2.05, 4.69) is 0 Å². The van der Waals surface area contributed by atoms with Crippen molar-refractivity contribution in [2.75, 3.05) is 0 Å². The van der Waals surface area contributed by atoms with E-state index in [-0.39, 0.29) is 12.1 Å². The summed E-state index contributed by atoms with van der Waals surface area (Å²) >= 11 is 0. The Balaban J connectivity index is 1.97. The van der Waals surface area contributed by atoms with Crippen molar-refractivity contribution < 1.29 is 13.2 Å². The number of rotatable bonds is 3. The summed E-state index contributed by atoms with van der Waals surface area (Å²) in [6.45, 7) is 4.24. The molecule has 0 aliphatic carbocycles. The predicted octanol–water partition coefficient (Wildman–Crippen LogP) is 6.35. The summed E-state index contributed by atoms with van der Waals surface area (Å²) in [6, 6.07) is 20.0. The Bertz CT molecular complexity index is 1300. The molecule has 0 amide bonds. The molecule has 4 rings (SSSR count). The van der Waals surface area contributed by atoms with Gasteiger partial charge in [-0.15, -0.1) is 0 Å². The number of halogens is 3. The average Bonchev–Trinajstić information content (AvgIpc) is 2.71. The van der Waals surface area contributed by atoms with E-state index in [0.29, 0.717) is 22.0 Å². The number of hydrogen-bond acceptors (Lipinski definition) is 1. The molecule has 0 spiro atoms. The van der Waals surface area contributed by atoms with Crippen LogP contribution in [0.5, 0.6) is 0 Å². The van der Waals surface area contributed by atoms with Crippen LogP contribution in [-0.4, -0.2) is 4.57 Å². The zero-order chi connectivity index (χ0) is 21.5. The minimum atomic E-state index is -4.45. The Labute approximate surface area is 172 Å². The van der Waals surface area contributed by atoms with Gasteiger partial charge in [0.2, 0.25) is 0 Å². The van der Waals surface area contributed by atoms with Crippen LogP contribution in [0.3, 0.4) is 0 Å². The Morgan fingerprint density at radius 1 is 0.867 bits per heavy atom. The quantitative estimate of drug-likeness (QED) is 0.388. The Hall–Kier alpha value is -3.34. The summed E-state index contributed by atoms with van der Waals surface area (Å²) in [4.78, 5) is 13.3. The Morgan fingerprint density at radius 2 is 1.63 bits per heavy atom. The third-order valence-corrected chi connectivity index (χ3v) is 5.33. The standard InChI is InChI=1S/C25H20F3NO/c1-16-10-11-20(17(2)12-16)15-29-23(14-18-6-3-4-9-22(18)24(29)30)19-7-5-8-21(13-19)25(26,27)28/h3-14H,15H2,1-2H3. The van der Waals surface area contributed by atoms with Gasteiger partial charge in [0.25, 0.3) is 5.56 Å². The second kappa shape index (κ2) is 7.48. The van der Waals surface area contributed by atoms with E-state index in [4.69, 9.17) is 0 Å². The topological polar surface area (TPSA) is 22.0 Å². The van der Waals surface area contributed by atoms with Crippen LogP contribution in [0.2, 0.25) is 0 Å². The highest BCUT2D eigenvalue weighted by molar-refractivity contribution is 5.85. The number of aromatic nitrogens is 1. The number of benzene rings is 3. The molecule has 1 heterocycles. The van der Waals surface area contributed by atoms with Gasteiger partial charge in [0.05, 0.1) is 17.8 Å². The third-order valence-electron chi connectivity index (χ3n) is 5.33. The molecule has 0 bridgehead atoms. The Kier molecular flexibility index (Phi) is 4.98. The smallest absolute Gasteiger partial charge is 0.303 e. The lowest BCUT2D eigenvalue weighted by atomic mass is 10.0. The maximum atomic E-state index is 13.3. The molecule has 0 N–H and O–H groups in total. The number of fused-ring (bicyclic) bond motifs is 1.